The maximum atomic E-state index is 12.0. The summed E-state index contributed by atoms with van der Waals surface area (Å²) < 4.78 is 26.1. The van der Waals surface area contributed by atoms with Crippen molar-refractivity contribution in [2.75, 3.05) is 31.3 Å². The Morgan fingerprint density at radius 1 is 1.00 bits per heavy atom. The van der Waals surface area contributed by atoms with Crippen LogP contribution in [0.4, 0.5) is 11.4 Å². The van der Waals surface area contributed by atoms with Gasteiger partial charge in [-0.05, 0) is 48.5 Å². The predicted octanol–water partition coefficient (Wildman–Crippen LogP) is 2.75. The number of benzene rings is 2. The minimum absolute atomic E-state index is 0.110. The third kappa shape index (κ3) is 4.80. The first-order valence-corrected chi connectivity index (χ1v) is 9.34. The molecule has 0 radical (unpaired) electrons. The Morgan fingerprint density at radius 3 is 2.08 bits per heavy atom. The molecule has 0 unspecified atom stereocenters. The average Bonchev–Trinajstić information content (AvgIpc) is 2.54. The van der Waals surface area contributed by atoms with E-state index in [1.54, 1.807) is 12.1 Å². The minimum Gasteiger partial charge on any atom is -0.376 e. The molecule has 1 amide bonds. The number of hydrogen-bond donors (Lipinski definition) is 2. The van der Waals surface area contributed by atoms with Crippen molar-refractivity contribution in [1.82, 2.24) is 4.31 Å². The Bertz CT molecular complexity index is 803. The van der Waals surface area contributed by atoms with Crippen LogP contribution in [0.25, 0.3) is 0 Å². The number of rotatable bonds is 6. The highest BCUT2D eigenvalue weighted by Crippen LogP contribution is 2.17. The molecule has 24 heavy (non-hydrogen) atoms. The van der Waals surface area contributed by atoms with Crippen LogP contribution in [0.1, 0.15) is 0 Å². The van der Waals surface area contributed by atoms with Crippen LogP contribution in [-0.2, 0) is 14.8 Å². The Hall–Kier alpha value is -1.90. The normalized spacial score (nSPS) is 11.3. The summed E-state index contributed by atoms with van der Waals surface area (Å²) in [5.74, 6) is -0.221. The Labute approximate surface area is 150 Å². The van der Waals surface area contributed by atoms with Gasteiger partial charge >= 0.3 is 0 Å². The van der Waals surface area contributed by atoms with Gasteiger partial charge in [0.1, 0.15) is 0 Å². The van der Waals surface area contributed by atoms with E-state index in [1.165, 1.54) is 26.2 Å². The molecule has 0 fully saturated rings. The van der Waals surface area contributed by atoms with Gasteiger partial charge in [-0.3, -0.25) is 4.79 Å². The fourth-order valence-electron chi connectivity index (χ4n) is 1.88. The molecule has 2 N–H and O–H groups in total. The largest absolute Gasteiger partial charge is 0.376 e. The van der Waals surface area contributed by atoms with Crippen molar-refractivity contribution in [3.8, 4) is 0 Å². The summed E-state index contributed by atoms with van der Waals surface area (Å²) in [4.78, 5) is 12.1. The molecule has 6 nitrogen and oxygen atoms in total. The summed E-state index contributed by atoms with van der Waals surface area (Å²) >= 11 is 3.35. The molecule has 8 heteroatoms. The molecule has 0 aliphatic rings. The second-order valence-corrected chi connectivity index (χ2v) is 8.29. The number of amides is 1. The molecule has 0 spiro atoms. The van der Waals surface area contributed by atoms with E-state index in [9.17, 15) is 13.2 Å². The lowest BCUT2D eigenvalue weighted by Gasteiger charge is -2.12. The predicted molar refractivity (Wildman–Crippen MR) is 98.6 cm³/mol. The summed E-state index contributed by atoms with van der Waals surface area (Å²) in [6, 6.07) is 13.5. The van der Waals surface area contributed by atoms with Gasteiger partial charge in [-0.1, -0.05) is 15.9 Å². The first-order chi connectivity index (χ1) is 11.3. The van der Waals surface area contributed by atoms with Crippen molar-refractivity contribution >= 4 is 43.2 Å². The van der Waals surface area contributed by atoms with Gasteiger partial charge in [0, 0.05) is 29.9 Å². The van der Waals surface area contributed by atoms with Crippen LogP contribution in [0.2, 0.25) is 0 Å². The van der Waals surface area contributed by atoms with Gasteiger partial charge in [-0.25, -0.2) is 12.7 Å². The van der Waals surface area contributed by atoms with Gasteiger partial charge < -0.3 is 10.6 Å². The molecule has 0 aromatic heterocycles. The zero-order chi connectivity index (χ0) is 17.7. The van der Waals surface area contributed by atoms with E-state index >= 15 is 0 Å². The summed E-state index contributed by atoms with van der Waals surface area (Å²) in [5.41, 5.74) is 1.37. The highest BCUT2D eigenvalue weighted by Gasteiger charge is 2.16. The van der Waals surface area contributed by atoms with E-state index < -0.39 is 10.0 Å². The first-order valence-electron chi connectivity index (χ1n) is 7.11. The smallest absolute Gasteiger partial charge is 0.243 e. The third-order valence-electron chi connectivity index (χ3n) is 3.21. The topological polar surface area (TPSA) is 78.5 Å². The van der Waals surface area contributed by atoms with Crippen molar-refractivity contribution in [3.63, 3.8) is 0 Å². The van der Waals surface area contributed by atoms with Crippen molar-refractivity contribution in [1.29, 1.82) is 0 Å². The minimum atomic E-state index is -3.47. The van der Waals surface area contributed by atoms with Crippen molar-refractivity contribution in [3.05, 3.63) is 53.0 Å². The number of nitrogens with zero attached hydrogens (tertiary/aromatic N) is 1. The molecule has 0 saturated heterocycles. The molecule has 0 saturated carbocycles. The number of hydrogen-bond acceptors (Lipinski definition) is 4. The van der Waals surface area contributed by atoms with Gasteiger partial charge in [-0.2, -0.15) is 0 Å². The van der Waals surface area contributed by atoms with E-state index in [0.29, 0.717) is 5.69 Å². The Morgan fingerprint density at radius 2 is 1.54 bits per heavy atom. The summed E-state index contributed by atoms with van der Waals surface area (Å²) in [6.07, 6.45) is 0. The lowest BCUT2D eigenvalue weighted by molar-refractivity contribution is -0.114. The van der Waals surface area contributed by atoms with Crippen LogP contribution in [0.15, 0.2) is 57.9 Å². The molecule has 0 atom stereocenters. The summed E-state index contributed by atoms with van der Waals surface area (Å²) in [5, 5.41) is 5.72. The van der Waals surface area contributed by atoms with Gasteiger partial charge in [0.2, 0.25) is 15.9 Å². The lowest BCUT2D eigenvalue weighted by atomic mass is 10.3. The summed E-state index contributed by atoms with van der Waals surface area (Å²) in [6.45, 7) is 0.110. The van der Waals surface area contributed by atoms with Crippen LogP contribution in [0.3, 0.4) is 0 Å². The maximum absolute atomic E-state index is 12.0. The molecular formula is C16H18BrN3O3S. The van der Waals surface area contributed by atoms with Crippen LogP contribution in [0, 0.1) is 0 Å². The van der Waals surface area contributed by atoms with Gasteiger partial charge in [0.05, 0.1) is 11.4 Å². The van der Waals surface area contributed by atoms with E-state index in [1.807, 2.05) is 24.3 Å². The zero-order valence-corrected chi connectivity index (χ0v) is 15.7. The molecule has 0 bridgehead atoms. The lowest BCUT2D eigenvalue weighted by Crippen LogP contribution is -2.23. The molecule has 0 aliphatic heterocycles. The quantitative estimate of drug-likeness (QED) is 0.765. The van der Waals surface area contributed by atoms with Crippen molar-refractivity contribution in [2.24, 2.45) is 0 Å². The Kier molecular flexibility index (Phi) is 5.98. The standard InChI is InChI=1S/C16H18BrN3O3S/c1-20(2)24(22,23)15-9-7-14(8-10-15)19-16(21)11-18-13-5-3-12(17)4-6-13/h3-10,18H,11H2,1-2H3,(H,19,21). The fourth-order valence-corrected chi connectivity index (χ4v) is 3.04. The highest BCUT2D eigenvalue weighted by molar-refractivity contribution is 9.10. The number of carbonyl (C=O) groups excluding carboxylic acids is 1. The number of anilines is 2. The Balaban J connectivity index is 1.93. The molecule has 0 heterocycles. The van der Waals surface area contributed by atoms with Gasteiger partial charge in [0.25, 0.3) is 0 Å². The number of sulfonamides is 1. The molecule has 2 aromatic carbocycles. The van der Waals surface area contributed by atoms with Crippen molar-refractivity contribution < 1.29 is 13.2 Å². The van der Waals surface area contributed by atoms with Gasteiger partial charge in [0.15, 0.2) is 0 Å². The molecular weight excluding hydrogens is 394 g/mol. The van der Waals surface area contributed by atoms with E-state index in [-0.39, 0.29) is 17.3 Å². The molecule has 2 aromatic rings. The second kappa shape index (κ2) is 7.78. The van der Waals surface area contributed by atoms with Crippen LogP contribution >= 0.6 is 15.9 Å². The second-order valence-electron chi connectivity index (χ2n) is 5.22. The monoisotopic (exact) mass is 411 g/mol. The first kappa shape index (κ1) is 18.4. The molecule has 2 rings (SSSR count). The van der Waals surface area contributed by atoms with E-state index in [2.05, 4.69) is 26.6 Å². The third-order valence-corrected chi connectivity index (χ3v) is 5.57. The van der Waals surface area contributed by atoms with E-state index in [4.69, 9.17) is 0 Å². The highest BCUT2D eigenvalue weighted by atomic mass is 79.9. The molecule has 128 valence electrons. The SMILES string of the molecule is CN(C)S(=O)(=O)c1ccc(NC(=O)CNc2ccc(Br)cc2)cc1. The van der Waals surface area contributed by atoms with Gasteiger partial charge in [-0.15, -0.1) is 0 Å². The average molecular weight is 412 g/mol. The van der Waals surface area contributed by atoms with Crippen LogP contribution in [-0.4, -0.2) is 39.3 Å². The van der Waals surface area contributed by atoms with Crippen LogP contribution in [0.5, 0.6) is 0 Å². The summed E-state index contributed by atoms with van der Waals surface area (Å²) in [7, 11) is -0.525. The fraction of sp³-hybridized carbons (Fsp3) is 0.188. The molecule has 0 aliphatic carbocycles. The number of halogens is 1. The van der Waals surface area contributed by atoms with Crippen molar-refractivity contribution in [2.45, 2.75) is 4.90 Å². The maximum Gasteiger partial charge on any atom is 0.243 e. The number of nitrogens with one attached hydrogen (secondary N) is 2. The van der Waals surface area contributed by atoms with E-state index in [0.717, 1.165) is 14.5 Å². The zero-order valence-electron chi connectivity index (χ0n) is 13.3. The van der Waals surface area contributed by atoms with Crippen LogP contribution < -0.4 is 10.6 Å². The number of carbonyl (C=O) groups is 1.